The summed E-state index contributed by atoms with van der Waals surface area (Å²) < 4.78 is 24.6. The van der Waals surface area contributed by atoms with Crippen molar-refractivity contribution >= 4 is 35.0 Å². The van der Waals surface area contributed by atoms with Gasteiger partial charge >= 0.3 is 5.97 Å². The van der Waals surface area contributed by atoms with Crippen LogP contribution in [-0.4, -0.2) is 37.0 Å². The zero-order chi connectivity index (χ0) is 29.0. The van der Waals surface area contributed by atoms with Gasteiger partial charge in [0.1, 0.15) is 12.4 Å². The smallest absolute Gasteiger partial charge is 0.338 e. The third-order valence-electron chi connectivity index (χ3n) is 6.00. The topological polar surface area (TPSA) is 88.3 Å². The normalized spacial score (nSPS) is 15.0. The summed E-state index contributed by atoms with van der Waals surface area (Å²) in [7, 11) is 1.54. The van der Waals surface area contributed by atoms with Crippen LogP contribution >= 0.6 is 22.9 Å². The first-order chi connectivity index (χ1) is 19.2. The van der Waals surface area contributed by atoms with Gasteiger partial charge < -0.3 is 18.9 Å². The number of fused-ring (bicyclic) bond motifs is 1. The molecule has 1 atom stereocenters. The zero-order valence-electron chi connectivity index (χ0n) is 23.0. The Kier molecular flexibility index (Phi) is 9.17. The molecule has 2 heterocycles. The molecule has 4 rings (SSSR count). The van der Waals surface area contributed by atoms with Crippen molar-refractivity contribution in [3.63, 3.8) is 0 Å². The third-order valence-corrected chi connectivity index (χ3v) is 7.22. The van der Waals surface area contributed by atoms with Gasteiger partial charge in [0.15, 0.2) is 16.3 Å². The van der Waals surface area contributed by atoms with Gasteiger partial charge in [0.25, 0.3) is 5.56 Å². The lowest BCUT2D eigenvalue weighted by molar-refractivity contribution is -0.139. The van der Waals surface area contributed by atoms with E-state index in [0.29, 0.717) is 55.0 Å². The highest BCUT2D eigenvalue weighted by Gasteiger charge is 2.34. The van der Waals surface area contributed by atoms with Crippen LogP contribution < -0.4 is 29.1 Å². The molecule has 0 fully saturated rings. The largest absolute Gasteiger partial charge is 0.493 e. The highest BCUT2D eigenvalue weighted by Crippen LogP contribution is 2.36. The van der Waals surface area contributed by atoms with Gasteiger partial charge in [-0.25, -0.2) is 9.79 Å². The summed E-state index contributed by atoms with van der Waals surface area (Å²) in [5.74, 6) is 1.05. The Morgan fingerprint density at radius 1 is 1.20 bits per heavy atom. The van der Waals surface area contributed by atoms with E-state index in [2.05, 4.69) is 11.6 Å². The molecule has 40 heavy (non-hydrogen) atoms. The minimum atomic E-state index is -0.796. The molecule has 2 aromatic carbocycles. The molecule has 8 nitrogen and oxygen atoms in total. The minimum absolute atomic E-state index is 0.0681. The standard InChI is InChI=1S/C30H31ClN2O6S/c1-7-13-38-22-12-10-21(31)14-20(22)16-25-28(34)33-27(19-9-11-23(39-17(3)4)24(15-19)36-6)26(29(35)37-8-2)18(5)32-30(33)40-25/h7,9-12,14-17,27H,1,8,13H2,2-6H3/b25-16+/t27-/m0/s1. The minimum Gasteiger partial charge on any atom is -0.493 e. The maximum absolute atomic E-state index is 14.0. The number of esters is 1. The van der Waals surface area contributed by atoms with Crippen molar-refractivity contribution < 1.29 is 23.7 Å². The van der Waals surface area contributed by atoms with Gasteiger partial charge in [-0.1, -0.05) is 41.7 Å². The molecule has 0 spiro atoms. The number of hydrogen-bond acceptors (Lipinski definition) is 8. The highest BCUT2D eigenvalue weighted by molar-refractivity contribution is 7.07. The summed E-state index contributed by atoms with van der Waals surface area (Å²) >= 11 is 7.48. The van der Waals surface area contributed by atoms with E-state index in [1.54, 1.807) is 63.4 Å². The first kappa shape index (κ1) is 29.2. The average Bonchev–Trinajstić information content (AvgIpc) is 3.21. The predicted molar refractivity (Wildman–Crippen MR) is 156 cm³/mol. The average molecular weight is 583 g/mol. The second-order valence-electron chi connectivity index (χ2n) is 9.16. The first-order valence-electron chi connectivity index (χ1n) is 12.8. The monoisotopic (exact) mass is 582 g/mol. The number of hydrogen-bond donors (Lipinski definition) is 0. The Hall–Kier alpha value is -3.82. The fraction of sp³-hybridized carbons (Fsp3) is 0.300. The van der Waals surface area contributed by atoms with Crippen molar-refractivity contribution in [3.05, 3.63) is 96.2 Å². The SMILES string of the molecule is C=CCOc1ccc(Cl)cc1/C=c1/sc2n(c1=O)[C@@H](c1ccc(OC(C)C)c(OC)c1)C(C(=O)OCC)=C(C)N=2. The van der Waals surface area contributed by atoms with Crippen LogP contribution in [0.25, 0.3) is 6.08 Å². The number of benzene rings is 2. The van der Waals surface area contributed by atoms with Gasteiger partial charge in [0.05, 0.1) is 41.7 Å². The molecule has 1 aliphatic rings. The molecule has 210 valence electrons. The lowest BCUT2D eigenvalue weighted by atomic mass is 9.95. The molecule has 0 saturated heterocycles. The summed E-state index contributed by atoms with van der Waals surface area (Å²) in [6.07, 6.45) is 3.29. The fourth-order valence-corrected chi connectivity index (χ4v) is 5.58. The molecule has 0 N–H and O–H groups in total. The summed E-state index contributed by atoms with van der Waals surface area (Å²) in [5, 5.41) is 0.499. The Bertz CT molecular complexity index is 1650. The molecule has 1 aliphatic heterocycles. The molecule has 0 bridgehead atoms. The predicted octanol–water partition coefficient (Wildman–Crippen LogP) is 4.81. The van der Waals surface area contributed by atoms with Crippen LogP contribution in [0.1, 0.15) is 44.9 Å². The Balaban J connectivity index is 1.95. The van der Waals surface area contributed by atoms with Crippen LogP contribution in [-0.2, 0) is 9.53 Å². The van der Waals surface area contributed by atoms with E-state index in [4.69, 9.17) is 30.5 Å². The van der Waals surface area contributed by atoms with Crippen molar-refractivity contribution in [1.82, 2.24) is 4.57 Å². The molecule has 3 aromatic rings. The Morgan fingerprint density at radius 2 is 1.95 bits per heavy atom. The summed E-state index contributed by atoms with van der Waals surface area (Å²) in [6, 6.07) is 9.76. The van der Waals surface area contributed by atoms with E-state index >= 15 is 0 Å². The molecule has 1 aromatic heterocycles. The number of aromatic nitrogens is 1. The Labute approximate surface area is 241 Å². The van der Waals surface area contributed by atoms with Crippen molar-refractivity contribution in [1.29, 1.82) is 0 Å². The molecule has 0 radical (unpaired) electrons. The second kappa shape index (κ2) is 12.6. The molecule has 0 amide bonds. The molecular formula is C30H31ClN2O6S. The molecule has 0 aliphatic carbocycles. The summed E-state index contributed by atoms with van der Waals surface area (Å²) in [6.45, 7) is 11.5. The molecule has 0 saturated carbocycles. The highest BCUT2D eigenvalue weighted by atomic mass is 35.5. The number of carbonyl (C=O) groups excluding carboxylic acids is 1. The van der Waals surface area contributed by atoms with E-state index in [9.17, 15) is 9.59 Å². The summed E-state index contributed by atoms with van der Waals surface area (Å²) in [5.41, 5.74) is 1.71. The van der Waals surface area contributed by atoms with Crippen molar-refractivity contribution in [2.75, 3.05) is 20.3 Å². The molecule has 10 heteroatoms. The van der Waals surface area contributed by atoms with Gasteiger partial charge in [-0.05, 0) is 69.7 Å². The van der Waals surface area contributed by atoms with Crippen LogP contribution in [0.15, 0.2) is 70.1 Å². The van der Waals surface area contributed by atoms with Crippen LogP contribution in [0.4, 0.5) is 0 Å². The number of nitrogens with zero attached hydrogens (tertiary/aromatic N) is 2. The lowest BCUT2D eigenvalue weighted by Gasteiger charge is -2.25. The van der Waals surface area contributed by atoms with E-state index < -0.39 is 12.0 Å². The van der Waals surface area contributed by atoms with Gasteiger partial charge in [0.2, 0.25) is 0 Å². The van der Waals surface area contributed by atoms with Crippen molar-refractivity contribution in [2.24, 2.45) is 4.99 Å². The number of thiazole rings is 1. The number of ether oxygens (including phenoxy) is 4. The number of allylic oxidation sites excluding steroid dienone is 1. The number of rotatable bonds is 10. The van der Waals surface area contributed by atoms with Crippen LogP contribution in [0.5, 0.6) is 17.2 Å². The first-order valence-corrected chi connectivity index (χ1v) is 13.9. The van der Waals surface area contributed by atoms with E-state index in [-0.39, 0.29) is 23.8 Å². The maximum atomic E-state index is 14.0. The van der Waals surface area contributed by atoms with Gasteiger partial charge in [-0.2, -0.15) is 0 Å². The van der Waals surface area contributed by atoms with E-state index in [1.807, 2.05) is 19.9 Å². The number of carbonyl (C=O) groups is 1. The van der Waals surface area contributed by atoms with Crippen molar-refractivity contribution in [3.8, 4) is 17.2 Å². The zero-order valence-corrected chi connectivity index (χ0v) is 24.6. The van der Waals surface area contributed by atoms with E-state index in [0.717, 1.165) is 0 Å². The van der Waals surface area contributed by atoms with Gasteiger partial charge in [0, 0.05) is 10.6 Å². The maximum Gasteiger partial charge on any atom is 0.338 e. The second-order valence-corrected chi connectivity index (χ2v) is 10.6. The van der Waals surface area contributed by atoms with Crippen LogP contribution in [0, 0.1) is 0 Å². The Morgan fingerprint density at radius 3 is 2.62 bits per heavy atom. The summed E-state index contributed by atoms with van der Waals surface area (Å²) in [4.78, 5) is 32.3. The van der Waals surface area contributed by atoms with Crippen LogP contribution in [0.2, 0.25) is 5.02 Å². The third kappa shape index (κ3) is 6.00. The van der Waals surface area contributed by atoms with E-state index in [1.165, 1.54) is 15.9 Å². The molecule has 0 unspecified atom stereocenters. The van der Waals surface area contributed by atoms with Crippen molar-refractivity contribution in [2.45, 2.75) is 39.8 Å². The fourth-order valence-electron chi connectivity index (χ4n) is 4.37. The number of methoxy groups -OCH3 is 1. The molecular weight excluding hydrogens is 552 g/mol. The van der Waals surface area contributed by atoms with Gasteiger partial charge in [-0.15, -0.1) is 0 Å². The van der Waals surface area contributed by atoms with Crippen LogP contribution in [0.3, 0.4) is 0 Å². The van der Waals surface area contributed by atoms with Gasteiger partial charge in [-0.3, -0.25) is 9.36 Å². The quantitative estimate of drug-likeness (QED) is 0.252. The lowest BCUT2D eigenvalue weighted by Crippen LogP contribution is -2.40. The number of halogens is 1.